The van der Waals surface area contributed by atoms with Crippen molar-refractivity contribution in [2.24, 2.45) is 11.8 Å². The van der Waals surface area contributed by atoms with Gasteiger partial charge in [0.15, 0.2) is 0 Å². The zero-order chi connectivity index (χ0) is 14.7. The second kappa shape index (κ2) is 6.11. The minimum atomic E-state index is -0.475. The van der Waals surface area contributed by atoms with E-state index in [1.54, 1.807) is 6.07 Å². The Balaban J connectivity index is 2.18. The standard InChI is InChI=1S/C15H22N2O3/c1-9-4-10(2)6-12(5-9)20-14-13(15(18)19-3)7-11(16)8-17-14/h7-10,12H,4-6,16H2,1-3H3. The maximum Gasteiger partial charge on any atom is 0.343 e. The van der Waals surface area contributed by atoms with Gasteiger partial charge in [-0.3, -0.25) is 0 Å². The van der Waals surface area contributed by atoms with Crippen LogP contribution in [0.2, 0.25) is 0 Å². The van der Waals surface area contributed by atoms with Gasteiger partial charge in [0.25, 0.3) is 0 Å². The number of anilines is 1. The van der Waals surface area contributed by atoms with Crippen molar-refractivity contribution in [3.63, 3.8) is 0 Å². The summed E-state index contributed by atoms with van der Waals surface area (Å²) in [6, 6.07) is 1.55. The van der Waals surface area contributed by atoms with E-state index in [9.17, 15) is 4.79 Å². The highest BCUT2D eigenvalue weighted by Gasteiger charge is 2.27. The number of ether oxygens (including phenoxy) is 2. The number of aromatic nitrogens is 1. The molecule has 0 amide bonds. The lowest BCUT2D eigenvalue weighted by molar-refractivity contribution is 0.0579. The summed E-state index contributed by atoms with van der Waals surface area (Å²) in [6.45, 7) is 4.45. The number of nitrogen functional groups attached to an aromatic ring is 1. The largest absolute Gasteiger partial charge is 0.474 e. The normalized spacial score (nSPS) is 26.1. The first-order valence-electron chi connectivity index (χ1n) is 7.00. The molecule has 110 valence electrons. The van der Waals surface area contributed by atoms with Crippen LogP contribution in [0.25, 0.3) is 0 Å². The summed E-state index contributed by atoms with van der Waals surface area (Å²) < 4.78 is 10.7. The summed E-state index contributed by atoms with van der Waals surface area (Å²) in [5.41, 5.74) is 6.38. The number of carbonyl (C=O) groups excluding carboxylic acids is 1. The van der Waals surface area contributed by atoms with Gasteiger partial charge in [-0.15, -0.1) is 0 Å². The molecule has 0 aromatic carbocycles. The van der Waals surface area contributed by atoms with E-state index < -0.39 is 5.97 Å². The summed E-state index contributed by atoms with van der Waals surface area (Å²) in [6.07, 6.45) is 4.78. The highest BCUT2D eigenvalue weighted by atomic mass is 16.5. The molecule has 2 atom stereocenters. The summed E-state index contributed by atoms with van der Waals surface area (Å²) in [5.74, 6) is 1.09. The van der Waals surface area contributed by atoms with Crippen LogP contribution in [-0.2, 0) is 4.74 Å². The van der Waals surface area contributed by atoms with Gasteiger partial charge >= 0.3 is 5.97 Å². The molecule has 1 saturated carbocycles. The molecule has 0 radical (unpaired) electrons. The first-order chi connectivity index (χ1) is 9.49. The third-order valence-corrected chi connectivity index (χ3v) is 3.69. The molecule has 0 aliphatic heterocycles. The van der Waals surface area contributed by atoms with Gasteiger partial charge in [-0.1, -0.05) is 13.8 Å². The van der Waals surface area contributed by atoms with E-state index in [0.717, 1.165) is 12.8 Å². The molecule has 1 aromatic heterocycles. The monoisotopic (exact) mass is 278 g/mol. The Kier molecular flexibility index (Phi) is 4.47. The summed E-state index contributed by atoms with van der Waals surface area (Å²) in [4.78, 5) is 15.9. The molecule has 1 aliphatic rings. The highest BCUT2D eigenvalue weighted by Crippen LogP contribution is 2.32. The predicted octanol–water partition coefficient (Wildman–Crippen LogP) is 2.65. The summed E-state index contributed by atoms with van der Waals surface area (Å²) >= 11 is 0. The molecule has 1 heterocycles. The number of rotatable bonds is 3. The van der Waals surface area contributed by atoms with Gasteiger partial charge in [0.2, 0.25) is 5.88 Å². The molecule has 2 unspecified atom stereocenters. The number of hydrogen-bond donors (Lipinski definition) is 1. The fourth-order valence-corrected chi connectivity index (χ4v) is 2.95. The minimum absolute atomic E-state index is 0.0910. The lowest BCUT2D eigenvalue weighted by Crippen LogP contribution is -2.29. The molecule has 5 nitrogen and oxygen atoms in total. The zero-order valence-electron chi connectivity index (χ0n) is 12.3. The molecule has 5 heteroatoms. The molecule has 1 aromatic rings. The quantitative estimate of drug-likeness (QED) is 0.860. The summed E-state index contributed by atoms with van der Waals surface area (Å²) in [7, 11) is 1.33. The van der Waals surface area contributed by atoms with Gasteiger partial charge in [0.05, 0.1) is 19.0 Å². The van der Waals surface area contributed by atoms with Crippen LogP contribution >= 0.6 is 0 Å². The molecular weight excluding hydrogens is 256 g/mol. The fourth-order valence-electron chi connectivity index (χ4n) is 2.95. The highest BCUT2D eigenvalue weighted by molar-refractivity contribution is 5.92. The van der Waals surface area contributed by atoms with Crippen LogP contribution in [0.4, 0.5) is 5.69 Å². The molecule has 0 bridgehead atoms. The summed E-state index contributed by atoms with van der Waals surface area (Å²) in [5, 5.41) is 0. The van der Waals surface area contributed by atoms with Crippen LogP contribution in [0, 0.1) is 11.8 Å². The number of esters is 1. The van der Waals surface area contributed by atoms with Crippen molar-refractivity contribution in [2.75, 3.05) is 12.8 Å². The van der Waals surface area contributed by atoms with Gasteiger partial charge in [-0.2, -0.15) is 0 Å². The molecule has 1 aliphatic carbocycles. The van der Waals surface area contributed by atoms with E-state index in [1.165, 1.54) is 19.7 Å². The number of carbonyl (C=O) groups is 1. The van der Waals surface area contributed by atoms with E-state index in [-0.39, 0.29) is 6.10 Å². The Hall–Kier alpha value is -1.78. The number of nitrogens with zero attached hydrogens (tertiary/aromatic N) is 1. The SMILES string of the molecule is COC(=O)c1cc(N)cnc1OC1CC(C)CC(C)C1. The van der Waals surface area contributed by atoms with Crippen LogP contribution in [-0.4, -0.2) is 24.2 Å². The van der Waals surface area contributed by atoms with Gasteiger partial charge in [-0.05, 0) is 37.2 Å². The average molecular weight is 278 g/mol. The number of nitrogens with two attached hydrogens (primary N) is 1. The third-order valence-electron chi connectivity index (χ3n) is 3.69. The Morgan fingerprint density at radius 3 is 2.55 bits per heavy atom. The molecule has 0 saturated heterocycles. The lowest BCUT2D eigenvalue weighted by atomic mass is 9.82. The van der Waals surface area contributed by atoms with Gasteiger partial charge in [0, 0.05) is 0 Å². The van der Waals surface area contributed by atoms with Gasteiger partial charge in [0.1, 0.15) is 11.7 Å². The van der Waals surface area contributed by atoms with Gasteiger partial charge < -0.3 is 15.2 Å². The van der Waals surface area contributed by atoms with E-state index in [4.69, 9.17) is 15.2 Å². The maximum absolute atomic E-state index is 11.8. The lowest BCUT2D eigenvalue weighted by Gasteiger charge is -2.31. The number of methoxy groups -OCH3 is 1. The fraction of sp³-hybridized carbons (Fsp3) is 0.600. The van der Waals surface area contributed by atoms with Crippen molar-refractivity contribution in [1.29, 1.82) is 0 Å². The zero-order valence-corrected chi connectivity index (χ0v) is 12.3. The van der Waals surface area contributed by atoms with Crippen molar-refractivity contribution in [3.8, 4) is 5.88 Å². The van der Waals surface area contributed by atoms with Crippen LogP contribution in [0.3, 0.4) is 0 Å². The van der Waals surface area contributed by atoms with Crippen molar-refractivity contribution >= 4 is 11.7 Å². The molecule has 0 spiro atoms. The van der Waals surface area contributed by atoms with Crippen molar-refractivity contribution in [1.82, 2.24) is 4.98 Å². The Morgan fingerprint density at radius 1 is 1.30 bits per heavy atom. The van der Waals surface area contributed by atoms with Crippen LogP contribution in [0.15, 0.2) is 12.3 Å². The predicted molar refractivity (Wildman–Crippen MR) is 76.6 cm³/mol. The van der Waals surface area contributed by atoms with E-state index >= 15 is 0 Å². The smallest absolute Gasteiger partial charge is 0.343 e. The van der Waals surface area contributed by atoms with Crippen LogP contribution in [0.5, 0.6) is 5.88 Å². The molecule has 2 rings (SSSR count). The molecule has 1 fully saturated rings. The molecule has 2 N–H and O–H groups in total. The Morgan fingerprint density at radius 2 is 1.95 bits per heavy atom. The first kappa shape index (κ1) is 14.6. The van der Waals surface area contributed by atoms with E-state index in [1.807, 2.05) is 0 Å². The van der Waals surface area contributed by atoms with Gasteiger partial charge in [-0.25, -0.2) is 9.78 Å². The van der Waals surface area contributed by atoms with E-state index in [0.29, 0.717) is 29.0 Å². The van der Waals surface area contributed by atoms with E-state index in [2.05, 4.69) is 18.8 Å². The Bertz CT molecular complexity index is 480. The topological polar surface area (TPSA) is 74.4 Å². The van der Waals surface area contributed by atoms with Crippen molar-refractivity contribution < 1.29 is 14.3 Å². The van der Waals surface area contributed by atoms with Crippen molar-refractivity contribution in [3.05, 3.63) is 17.8 Å². The molecule has 20 heavy (non-hydrogen) atoms. The molecular formula is C15H22N2O3. The number of hydrogen-bond acceptors (Lipinski definition) is 5. The second-order valence-corrected chi connectivity index (χ2v) is 5.77. The average Bonchev–Trinajstić information content (AvgIpc) is 2.38. The maximum atomic E-state index is 11.8. The van der Waals surface area contributed by atoms with Crippen molar-refractivity contribution in [2.45, 2.75) is 39.2 Å². The second-order valence-electron chi connectivity index (χ2n) is 5.77. The minimum Gasteiger partial charge on any atom is -0.474 e. The first-order valence-corrected chi connectivity index (χ1v) is 7.00. The Labute approximate surface area is 119 Å². The third kappa shape index (κ3) is 3.40. The number of pyridine rings is 1. The van der Waals surface area contributed by atoms with Crippen LogP contribution < -0.4 is 10.5 Å². The van der Waals surface area contributed by atoms with Crippen LogP contribution in [0.1, 0.15) is 43.5 Å².